The molecule has 1 N–H and O–H groups in total. The molecular weight excluding hydrogens is 240 g/mol. The van der Waals surface area contributed by atoms with E-state index in [4.69, 9.17) is 4.74 Å². The molecule has 0 aliphatic carbocycles. The smallest absolute Gasteiger partial charge is 0.225 e. The maximum Gasteiger partial charge on any atom is 0.225 e. The molecule has 1 saturated heterocycles. The van der Waals surface area contributed by atoms with Crippen molar-refractivity contribution in [3.8, 4) is 0 Å². The van der Waals surface area contributed by atoms with Crippen LogP contribution < -0.4 is 10.2 Å². The second kappa shape index (κ2) is 6.82. The highest BCUT2D eigenvalue weighted by molar-refractivity contribution is 5.32. The standard InChI is InChI=1S/C14H24N4O/c1-4-5-15-6-13-7-16-14(17-8-13)18-9-12(3)19-10-11(18)2/h7-8,11-12,15H,4-6,9-10H2,1-3H3. The van der Waals surface area contributed by atoms with E-state index in [1.54, 1.807) is 0 Å². The number of ether oxygens (including phenoxy) is 1. The molecular formula is C14H24N4O. The molecule has 2 heterocycles. The number of rotatable bonds is 5. The molecule has 1 aliphatic rings. The zero-order valence-electron chi connectivity index (χ0n) is 12.1. The number of hydrogen-bond donors (Lipinski definition) is 1. The van der Waals surface area contributed by atoms with E-state index in [0.29, 0.717) is 6.04 Å². The predicted molar refractivity (Wildman–Crippen MR) is 76.3 cm³/mol. The van der Waals surface area contributed by atoms with E-state index in [1.165, 1.54) is 0 Å². The molecule has 19 heavy (non-hydrogen) atoms. The molecule has 0 aromatic carbocycles. The van der Waals surface area contributed by atoms with Gasteiger partial charge in [-0.05, 0) is 26.8 Å². The molecule has 2 rings (SSSR count). The Hall–Kier alpha value is -1.20. The first-order valence-corrected chi connectivity index (χ1v) is 7.10. The Morgan fingerprint density at radius 2 is 2.11 bits per heavy atom. The van der Waals surface area contributed by atoms with E-state index in [1.807, 2.05) is 12.4 Å². The molecule has 0 saturated carbocycles. The van der Waals surface area contributed by atoms with Crippen LogP contribution in [-0.2, 0) is 11.3 Å². The van der Waals surface area contributed by atoms with Crippen molar-refractivity contribution >= 4 is 5.95 Å². The molecule has 1 fully saturated rings. The van der Waals surface area contributed by atoms with Crippen molar-refractivity contribution in [1.82, 2.24) is 15.3 Å². The van der Waals surface area contributed by atoms with Crippen molar-refractivity contribution in [2.45, 2.75) is 45.9 Å². The summed E-state index contributed by atoms with van der Waals surface area (Å²) in [5, 5.41) is 3.35. The summed E-state index contributed by atoms with van der Waals surface area (Å²) in [7, 11) is 0. The summed E-state index contributed by atoms with van der Waals surface area (Å²) < 4.78 is 5.62. The molecule has 1 aromatic rings. The lowest BCUT2D eigenvalue weighted by Crippen LogP contribution is -2.48. The van der Waals surface area contributed by atoms with E-state index in [0.717, 1.165) is 44.2 Å². The topological polar surface area (TPSA) is 50.3 Å². The third kappa shape index (κ3) is 3.88. The third-order valence-electron chi connectivity index (χ3n) is 3.31. The lowest BCUT2D eigenvalue weighted by molar-refractivity contribution is 0.0337. The van der Waals surface area contributed by atoms with Crippen molar-refractivity contribution in [2.24, 2.45) is 0 Å². The van der Waals surface area contributed by atoms with Crippen LogP contribution in [0, 0.1) is 0 Å². The minimum Gasteiger partial charge on any atom is -0.375 e. The summed E-state index contributed by atoms with van der Waals surface area (Å²) in [5.74, 6) is 0.807. The van der Waals surface area contributed by atoms with E-state index < -0.39 is 0 Å². The van der Waals surface area contributed by atoms with Crippen molar-refractivity contribution in [1.29, 1.82) is 0 Å². The summed E-state index contributed by atoms with van der Waals surface area (Å²) in [6.07, 6.45) is 5.21. The first-order chi connectivity index (χ1) is 9.20. The van der Waals surface area contributed by atoms with Crippen molar-refractivity contribution < 1.29 is 4.74 Å². The summed E-state index contributed by atoms with van der Waals surface area (Å²) in [6, 6.07) is 0.334. The van der Waals surface area contributed by atoms with Crippen molar-refractivity contribution in [3.05, 3.63) is 18.0 Å². The molecule has 5 nitrogen and oxygen atoms in total. The van der Waals surface area contributed by atoms with Gasteiger partial charge in [-0.25, -0.2) is 9.97 Å². The Morgan fingerprint density at radius 3 is 2.79 bits per heavy atom. The third-order valence-corrected chi connectivity index (χ3v) is 3.31. The van der Waals surface area contributed by atoms with Gasteiger partial charge in [0.05, 0.1) is 18.8 Å². The number of anilines is 1. The van der Waals surface area contributed by atoms with Gasteiger partial charge in [-0.15, -0.1) is 0 Å². The number of morpholine rings is 1. The van der Waals surface area contributed by atoms with Crippen LogP contribution in [0.2, 0.25) is 0 Å². The molecule has 5 heteroatoms. The maximum atomic E-state index is 5.62. The van der Waals surface area contributed by atoms with Gasteiger partial charge < -0.3 is 15.0 Å². The van der Waals surface area contributed by atoms with Crippen LogP contribution in [0.3, 0.4) is 0 Å². The fraction of sp³-hybridized carbons (Fsp3) is 0.714. The Morgan fingerprint density at radius 1 is 1.37 bits per heavy atom. The summed E-state index contributed by atoms with van der Waals surface area (Å²) >= 11 is 0. The van der Waals surface area contributed by atoms with Gasteiger partial charge in [-0.2, -0.15) is 0 Å². The molecule has 0 radical (unpaired) electrons. The molecule has 1 aromatic heterocycles. The second-order valence-electron chi connectivity index (χ2n) is 5.21. The maximum absolute atomic E-state index is 5.62. The van der Waals surface area contributed by atoms with Crippen LogP contribution in [0.4, 0.5) is 5.95 Å². The number of nitrogens with zero attached hydrogens (tertiary/aromatic N) is 3. The molecule has 0 spiro atoms. The zero-order chi connectivity index (χ0) is 13.7. The molecule has 1 aliphatic heterocycles. The first-order valence-electron chi connectivity index (χ1n) is 7.10. The van der Waals surface area contributed by atoms with Crippen LogP contribution in [0.5, 0.6) is 0 Å². The summed E-state index contributed by atoms with van der Waals surface area (Å²) in [6.45, 7) is 9.85. The quantitative estimate of drug-likeness (QED) is 0.819. The van der Waals surface area contributed by atoms with Gasteiger partial charge in [0, 0.05) is 31.0 Å². The Kier molecular flexibility index (Phi) is 5.10. The summed E-state index contributed by atoms with van der Waals surface area (Å²) in [4.78, 5) is 11.2. The average Bonchev–Trinajstić information content (AvgIpc) is 2.43. The van der Waals surface area contributed by atoms with E-state index in [-0.39, 0.29) is 6.10 Å². The van der Waals surface area contributed by atoms with Gasteiger partial charge in [0.1, 0.15) is 0 Å². The SMILES string of the molecule is CCCNCc1cnc(N2CC(C)OCC2C)nc1. The average molecular weight is 264 g/mol. The first kappa shape index (κ1) is 14.2. The fourth-order valence-electron chi connectivity index (χ4n) is 2.18. The Balaban J connectivity index is 1.97. The predicted octanol–water partition coefficient (Wildman–Crippen LogP) is 1.59. The minimum absolute atomic E-state index is 0.241. The van der Waals surface area contributed by atoms with Crippen LogP contribution >= 0.6 is 0 Å². The number of nitrogens with one attached hydrogen (secondary N) is 1. The molecule has 106 valence electrons. The lowest BCUT2D eigenvalue weighted by Gasteiger charge is -2.36. The highest BCUT2D eigenvalue weighted by Gasteiger charge is 2.25. The van der Waals surface area contributed by atoms with Gasteiger partial charge >= 0.3 is 0 Å². The largest absolute Gasteiger partial charge is 0.375 e. The van der Waals surface area contributed by atoms with E-state index >= 15 is 0 Å². The van der Waals surface area contributed by atoms with Gasteiger partial charge in [-0.3, -0.25) is 0 Å². The summed E-state index contributed by atoms with van der Waals surface area (Å²) in [5.41, 5.74) is 1.13. The van der Waals surface area contributed by atoms with Gasteiger partial charge in [0.25, 0.3) is 0 Å². The van der Waals surface area contributed by atoms with Gasteiger partial charge in [0.15, 0.2) is 0 Å². The molecule has 2 unspecified atom stereocenters. The number of aromatic nitrogens is 2. The normalized spacial score (nSPS) is 23.6. The van der Waals surface area contributed by atoms with E-state index in [2.05, 4.69) is 41.0 Å². The van der Waals surface area contributed by atoms with Crippen molar-refractivity contribution in [2.75, 3.05) is 24.6 Å². The highest BCUT2D eigenvalue weighted by Crippen LogP contribution is 2.17. The van der Waals surface area contributed by atoms with Gasteiger partial charge in [-0.1, -0.05) is 6.92 Å². The Bertz CT molecular complexity index is 382. The fourth-order valence-corrected chi connectivity index (χ4v) is 2.18. The van der Waals surface area contributed by atoms with E-state index in [9.17, 15) is 0 Å². The molecule has 0 bridgehead atoms. The zero-order valence-corrected chi connectivity index (χ0v) is 12.1. The number of hydrogen-bond acceptors (Lipinski definition) is 5. The lowest BCUT2D eigenvalue weighted by atomic mass is 10.2. The van der Waals surface area contributed by atoms with Crippen LogP contribution in [-0.4, -0.2) is 41.8 Å². The highest BCUT2D eigenvalue weighted by atomic mass is 16.5. The van der Waals surface area contributed by atoms with Crippen LogP contribution in [0.1, 0.15) is 32.8 Å². The Labute approximate surface area is 115 Å². The van der Waals surface area contributed by atoms with Crippen LogP contribution in [0.15, 0.2) is 12.4 Å². The minimum atomic E-state index is 0.241. The van der Waals surface area contributed by atoms with Crippen LogP contribution in [0.25, 0.3) is 0 Å². The van der Waals surface area contributed by atoms with Gasteiger partial charge in [0.2, 0.25) is 5.95 Å². The monoisotopic (exact) mass is 264 g/mol. The second-order valence-corrected chi connectivity index (χ2v) is 5.21. The molecule has 2 atom stereocenters. The molecule has 0 amide bonds. The van der Waals surface area contributed by atoms with Crippen molar-refractivity contribution in [3.63, 3.8) is 0 Å².